The van der Waals surface area contributed by atoms with Gasteiger partial charge in [0.25, 0.3) is 0 Å². The largest absolute Gasteiger partial charge is 0.339 e. The lowest BCUT2D eigenvalue weighted by molar-refractivity contribution is 0.627. The van der Waals surface area contributed by atoms with Crippen LogP contribution in [0.5, 0.6) is 0 Å². The topological polar surface area (TPSA) is 37.8 Å². The quantitative estimate of drug-likeness (QED) is 0.815. The minimum absolute atomic E-state index is 0.301. The first-order chi connectivity index (χ1) is 9.08. The molecule has 0 spiro atoms. The van der Waals surface area contributed by atoms with Crippen molar-refractivity contribution in [3.63, 3.8) is 0 Å². The monoisotopic (exact) mass is 343 g/mol. The molecule has 100 valence electrons. The van der Waals surface area contributed by atoms with Gasteiger partial charge in [-0.05, 0) is 40.5 Å². The first kappa shape index (κ1) is 14.2. The summed E-state index contributed by atoms with van der Waals surface area (Å²) in [7, 11) is 0. The molecule has 1 heterocycles. The first-order valence-electron chi connectivity index (χ1n) is 5.84. The van der Waals surface area contributed by atoms with Crippen molar-refractivity contribution >= 4 is 39.0 Å². The normalized spacial score (nSPS) is 10.5. The second kappa shape index (κ2) is 6.30. The molecule has 0 saturated heterocycles. The van der Waals surface area contributed by atoms with Crippen LogP contribution in [0, 0.1) is 5.82 Å². The zero-order valence-electron chi connectivity index (χ0n) is 10.3. The Morgan fingerprint density at radius 2 is 2.11 bits per heavy atom. The summed E-state index contributed by atoms with van der Waals surface area (Å²) in [5, 5.41) is 3.48. The van der Waals surface area contributed by atoms with Crippen LogP contribution < -0.4 is 5.32 Å². The maximum atomic E-state index is 13.0. The molecule has 0 radical (unpaired) electrons. The van der Waals surface area contributed by atoms with Gasteiger partial charge in [0.05, 0.1) is 5.69 Å². The average molecular weight is 345 g/mol. The minimum Gasteiger partial charge on any atom is -0.339 e. The second-order valence-electron chi connectivity index (χ2n) is 3.99. The van der Waals surface area contributed by atoms with Crippen molar-refractivity contribution in [3.8, 4) is 0 Å². The van der Waals surface area contributed by atoms with E-state index in [0.717, 1.165) is 18.5 Å². The number of aromatic nitrogens is 2. The third-order valence-corrected chi connectivity index (χ3v) is 3.26. The molecule has 3 nitrogen and oxygen atoms in total. The number of hydrogen-bond acceptors (Lipinski definition) is 3. The summed E-state index contributed by atoms with van der Waals surface area (Å²) in [6.07, 6.45) is 1.71. The van der Waals surface area contributed by atoms with E-state index >= 15 is 0 Å². The Hall–Kier alpha value is -1.20. The van der Waals surface area contributed by atoms with Crippen molar-refractivity contribution in [2.24, 2.45) is 0 Å². The molecular formula is C13H12BrClFN3. The van der Waals surface area contributed by atoms with Gasteiger partial charge in [-0.25, -0.2) is 14.4 Å². The van der Waals surface area contributed by atoms with Crippen molar-refractivity contribution in [1.82, 2.24) is 9.97 Å². The summed E-state index contributed by atoms with van der Waals surface area (Å²) in [4.78, 5) is 8.51. The minimum atomic E-state index is -0.301. The number of rotatable bonds is 4. The molecule has 0 aliphatic heterocycles. The first-order valence-corrected chi connectivity index (χ1v) is 7.01. The molecule has 6 heteroatoms. The highest BCUT2D eigenvalue weighted by atomic mass is 79.9. The van der Waals surface area contributed by atoms with Crippen molar-refractivity contribution in [2.45, 2.75) is 19.8 Å². The van der Waals surface area contributed by atoms with Gasteiger partial charge in [0.1, 0.15) is 22.6 Å². The van der Waals surface area contributed by atoms with E-state index in [-0.39, 0.29) is 5.82 Å². The Balaban J connectivity index is 2.27. The predicted molar refractivity (Wildman–Crippen MR) is 78.4 cm³/mol. The molecule has 0 unspecified atom stereocenters. The molecule has 1 aromatic carbocycles. The molecule has 1 N–H and O–H groups in total. The number of halogens is 3. The third-order valence-electron chi connectivity index (χ3n) is 2.41. The highest BCUT2D eigenvalue weighted by Crippen LogP contribution is 2.26. The van der Waals surface area contributed by atoms with Crippen LogP contribution in [0.2, 0.25) is 5.15 Å². The molecule has 0 bridgehead atoms. The van der Waals surface area contributed by atoms with E-state index in [0.29, 0.717) is 21.3 Å². The van der Waals surface area contributed by atoms with Crippen LogP contribution >= 0.6 is 27.5 Å². The Kier molecular flexibility index (Phi) is 4.71. The lowest BCUT2D eigenvalue weighted by atomic mass is 10.3. The number of nitrogens with zero attached hydrogens (tertiary/aromatic N) is 2. The van der Waals surface area contributed by atoms with E-state index in [2.05, 4.69) is 31.2 Å². The van der Waals surface area contributed by atoms with Gasteiger partial charge >= 0.3 is 0 Å². The maximum Gasteiger partial charge on any atom is 0.135 e. The Morgan fingerprint density at radius 3 is 2.79 bits per heavy atom. The summed E-state index contributed by atoms with van der Waals surface area (Å²) in [5.74, 6) is 0.983. The van der Waals surface area contributed by atoms with E-state index in [1.54, 1.807) is 12.1 Å². The Labute approximate surface area is 124 Å². The maximum absolute atomic E-state index is 13.0. The highest BCUT2D eigenvalue weighted by molar-refractivity contribution is 9.10. The predicted octanol–water partition coefficient (Wildman–Crippen LogP) is 4.73. The van der Waals surface area contributed by atoms with Crippen molar-refractivity contribution in [2.75, 3.05) is 5.32 Å². The van der Waals surface area contributed by atoms with Crippen LogP contribution in [0.3, 0.4) is 0 Å². The molecule has 0 fully saturated rings. The van der Waals surface area contributed by atoms with Crippen molar-refractivity contribution in [1.29, 1.82) is 0 Å². The van der Waals surface area contributed by atoms with Crippen LogP contribution in [0.4, 0.5) is 15.9 Å². The van der Waals surface area contributed by atoms with Gasteiger partial charge in [-0.15, -0.1) is 0 Å². The molecule has 0 saturated carbocycles. The van der Waals surface area contributed by atoms with Gasteiger partial charge < -0.3 is 5.32 Å². The summed E-state index contributed by atoms with van der Waals surface area (Å²) in [6.45, 7) is 2.05. The van der Waals surface area contributed by atoms with Gasteiger partial charge in [0, 0.05) is 17.0 Å². The zero-order chi connectivity index (χ0) is 13.8. The van der Waals surface area contributed by atoms with E-state index in [1.165, 1.54) is 12.1 Å². The molecule has 2 rings (SSSR count). The molecule has 0 aliphatic carbocycles. The van der Waals surface area contributed by atoms with Gasteiger partial charge in [0.15, 0.2) is 0 Å². The molecule has 0 atom stereocenters. The van der Waals surface area contributed by atoms with Gasteiger partial charge in [-0.3, -0.25) is 0 Å². The molecule has 2 aromatic rings. The van der Waals surface area contributed by atoms with E-state index in [9.17, 15) is 4.39 Å². The summed E-state index contributed by atoms with van der Waals surface area (Å²) < 4.78 is 13.6. The van der Waals surface area contributed by atoms with Gasteiger partial charge in [-0.1, -0.05) is 18.5 Å². The number of anilines is 2. The Bertz CT molecular complexity index is 592. The van der Waals surface area contributed by atoms with Crippen LogP contribution in [0.25, 0.3) is 0 Å². The average Bonchev–Trinajstić information content (AvgIpc) is 2.32. The van der Waals surface area contributed by atoms with Gasteiger partial charge in [-0.2, -0.15) is 0 Å². The SMILES string of the molecule is CCCc1nc(Cl)cc(Nc2ccc(F)cc2Br)n1. The lowest BCUT2D eigenvalue weighted by Gasteiger charge is -2.09. The highest BCUT2D eigenvalue weighted by Gasteiger charge is 2.06. The fourth-order valence-corrected chi connectivity index (χ4v) is 2.24. The van der Waals surface area contributed by atoms with Crippen molar-refractivity contribution in [3.05, 3.63) is 45.5 Å². The summed E-state index contributed by atoms with van der Waals surface area (Å²) in [5.41, 5.74) is 0.721. The second-order valence-corrected chi connectivity index (χ2v) is 5.23. The van der Waals surface area contributed by atoms with E-state index < -0.39 is 0 Å². The number of nitrogens with one attached hydrogen (secondary N) is 1. The Morgan fingerprint density at radius 1 is 1.32 bits per heavy atom. The fourth-order valence-electron chi connectivity index (χ4n) is 1.59. The molecular weight excluding hydrogens is 333 g/mol. The summed E-state index contributed by atoms with van der Waals surface area (Å²) >= 11 is 9.25. The van der Waals surface area contributed by atoms with Crippen LogP contribution in [-0.4, -0.2) is 9.97 Å². The number of hydrogen-bond donors (Lipinski definition) is 1. The molecule has 19 heavy (non-hydrogen) atoms. The molecule has 0 amide bonds. The zero-order valence-corrected chi connectivity index (χ0v) is 12.6. The van der Waals surface area contributed by atoms with Gasteiger partial charge in [0.2, 0.25) is 0 Å². The van der Waals surface area contributed by atoms with Crippen LogP contribution in [0.1, 0.15) is 19.2 Å². The van der Waals surface area contributed by atoms with E-state index in [4.69, 9.17) is 11.6 Å². The number of benzene rings is 1. The standard InChI is InChI=1S/C13H12BrClFN3/c1-2-3-12-18-11(15)7-13(19-12)17-10-5-4-8(16)6-9(10)14/h4-7H,2-3H2,1H3,(H,17,18,19). The van der Waals surface area contributed by atoms with Crippen LogP contribution in [-0.2, 0) is 6.42 Å². The number of aryl methyl sites for hydroxylation is 1. The smallest absolute Gasteiger partial charge is 0.135 e. The van der Waals surface area contributed by atoms with Crippen LogP contribution in [0.15, 0.2) is 28.7 Å². The summed E-state index contributed by atoms with van der Waals surface area (Å²) in [6, 6.07) is 6.03. The third kappa shape index (κ3) is 3.88. The fraction of sp³-hybridized carbons (Fsp3) is 0.231. The van der Waals surface area contributed by atoms with E-state index in [1.807, 2.05) is 6.92 Å². The van der Waals surface area contributed by atoms with Crippen molar-refractivity contribution < 1.29 is 4.39 Å². The lowest BCUT2D eigenvalue weighted by Crippen LogP contribution is -2.01. The molecule has 0 aliphatic rings. The molecule has 1 aromatic heterocycles.